The van der Waals surface area contributed by atoms with E-state index >= 15 is 0 Å². The third-order valence-electron chi connectivity index (χ3n) is 5.22. The summed E-state index contributed by atoms with van der Waals surface area (Å²) in [6, 6.07) is 14.1. The van der Waals surface area contributed by atoms with Gasteiger partial charge in [-0.15, -0.1) is 0 Å². The molecule has 1 aliphatic rings. The van der Waals surface area contributed by atoms with Crippen LogP contribution in [0.25, 0.3) is 17.1 Å². The lowest BCUT2D eigenvalue weighted by atomic mass is 10.1. The van der Waals surface area contributed by atoms with E-state index in [2.05, 4.69) is 22.9 Å². The van der Waals surface area contributed by atoms with Crippen LogP contribution in [0.2, 0.25) is 0 Å². The summed E-state index contributed by atoms with van der Waals surface area (Å²) >= 11 is 0. The topological polar surface area (TPSA) is 85.5 Å². The maximum Gasteiger partial charge on any atom is 0.164 e. The zero-order valence-electron chi connectivity index (χ0n) is 17.4. The Hall–Kier alpha value is -2.81. The zero-order valence-corrected chi connectivity index (χ0v) is 17.4. The Bertz CT molecular complexity index is 966. The first kappa shape index (κ1) is 20.5. The van der Waals surface area contributed by atoms with Crippen molar-refractivity contribution in [1.82, 2.24) is 19.7 Å². The normalized spacial score (nSPS) is 15.4. The van der Waals surface area contributed by atoms with Crippen molar-refractivity contribution < 1.29 is 14.6 Å². The van der Waals surface area contributed by atoms with Crippen LogP contribution in [0.5, 0.6) is 0 Å². The van der Waals surface area contributed by atoms with Gasteiger partial charge in [-0.1, -0.05) is 37.3 Å². The molecule has 1 saturated heterocycles. The first-order chi connectivity index (χ1) is 14.7. The maximum atomic E-state index is 9.73. The highest BCUT2D eigenvalue weighted by atomic mass is 16.5. The van der Waals surface area contributed by atoms with Crippen LogP contribution >= 0.6 is 0 Å². The van der Waals surface area contributed by atoms with E-state index in [-0.39, 0.29) is 6.61 Å². The molecule has 30 heavy (non-hydrogen) atoms. The molecule has 0 spiro atoms. The Kier molecular flexibility index (Phi) is 6.37. The number of rotatable bonds is 7. The highest BCUT2D eigenvalue weighted by Gasteiger charge is 2.21. The molecule has 2 aromatic heterocycles. The molecular formula is C22H27N5O3. The highest BCUT2D eigenvalue weighted by molar-refractivity contribution is 5.60. The van der Waals surface area contributed by atoms with Crippen LogP contribution in [-0.2, 0) is 15.9 Å². The number of aryl methyl sites for hydroxylation is 1. The zero-order chi connectivity index (χ0) is 20.9. The Balaban J connectivity index is 1.81. The lowest BCUT2D eigenvalue weighted by Crippen LogP contribution is -2.37. The van der Waals surface area contributed by atoms with Gasteiger partial charge >= 0.3 is 0 Å². The summed E-state index contributed by atoms with van der Waals surface area (Å²) < 4.78 is 12.7. The molecule has 0 radical (unpaired) electrons. The maximum absolute atomic E-state index is 9.73. The fourth-order valence-corrected chi connectivity index (χ4v) is 3.53. The summed E-state index contributed by atoms with van der Waals surface area (Å²) in [6.07, 6.45) is 0.207. The Labute approximate surface area is 176 Å². The number of ether oxygens (including phenoxy) is 2. The van der Waals surface area contributed by atoms with Crippen LogP contribution in [-0.4, -0.2) is 64.9 Å². The van der Waals surface area contributed by atoms with Gasteiger partial charge in [0.05, 0.1) is 25.5 Å². The van der Waals surface area contributed by atoms with Gasteiger partial charge in [0, 0.05) is 37.5 Å². The van der Waals surface area contributed by atoms with Crippen molar-refractivity contribution in [3.05, 3.63) is 54.0 Å². The van der Waals surface area contributed by atoms with E-state index in [0.29, 0.717) is 24.9 Å². The second-order valence-corrected chi connectivity index (χ2v) is 7.10. The quantitative estimate of drug-likeness (QED) is 0.641. The number of aliphatic hydroxyl groups is 1. The molecule has 0 aliphatic carbocycles. The average Bonchev–Trinajstić information content (AvgIpc) is 3.26. The van der Waals surface area contributed by atoms with Gasteiger partial charge in [0.2, 0.25) is 0 Å². The van der Waals surface area contributed by atoms with E-state index in [9.17, 15) is 5.11 Å². The van der Waals surface area contributed by atoms with Crippen molar-refractivity contribution in [2.24, 2.45) is 0 Å². The molecule has 8 heteroatoms. The fraction of sp³-hybridized carbons (Fsp3) is 0.409. The minimum Gasteiger partial charge on any atom is -0.393 e. The summed E-state index contributed by atoms with van der Waals surface area (Å²) in [4.78, 5) is 11.5. The van der Waals surface area contributed by atoms with Gasteiger partial charge in [0.25, 0.3) is 0 Å². The Morgan fingerprint density at radius 1 is 1.10 bits per heavy atom. The number of anilines is 1. The summed E-state index contributed by atoms with van der Waals surface area (Å²) in [5.41, 5.74) is 2.99. The number of aromatic nitrogens is 4. The van der Waals surface area contributed by atoms with E-state index in [1.807, 2.05) is 41.1 Å². The highest BCUT2D eigenvalue weighted by Crippen LogP contribution is 2.25. The molecule has 1 fully saturated rings. The molecule has 158 valence electrons. The minimum absolute atomic E-state index is 0.197. The number of benzene rings is 1. The van der Waals surface area contributed by atoms with Gasteiger partial charge in [-0.2, -0.15) is 5.10 Å². The molecule has 1 aromatic carbocycles. The number of nitrogens with zero attached hydrogens (tertiary/aromatic N) is 5. The summed E-state index contributed by atoms with van der Waals surface area (Å²) in [5.74, 6) is 1.89. The molecule has 1 N–H and O–H groups in total. The van der Waals surface area contributed by atoms with Gasteiger partial charge < -0.3 is 19.5 Å². The number of aliphatic hydroxyl groups excluding tert-OH is 1. The number of morpholine rings is 1. The van der Waals surface area contributed by atoms with Gasteiger partial charge in [0.1, 0.15) is 11.9 Å². The summed E-state index contributed by atoms with van der Waals surface area (Å²) in [5, 5.41) is 14.6. The Morgan fingerprint density at radius 3 is 2.50 bits per heavy atom. The van der Waals surface area contributed by atoms with Crippen molar-refractivity contribution in [1.29, 1.82) is 0 Å². The van der Waals surface area contributed by atoms with Crippen molar-refractivity contribution >= 4 is 5.82 Å². The van der Waals surface area contributed by atoms with Crippen LogP contribution in [0.15, 0.2) is 42.5 Å². The van der Waals surface area contributed by atoms with Crippen LogP contribution in [0, 0.1) is 0 Å². The lowest BCUT2D eigenvalue weighted by molar-refractivity contribution is 0.0422. The van der Waals surface area contributed by atoms with Gasteiger partial charge in [-0.3, -0.25) is 0 Å². The lowest BCUT2D eigenvalue weighted by Gasteiger charge is -2.28. The van der Waals surface area contributed by atoms with Crippen molar-refractivity contribution in [3.8, 4) is 17.1 Å². The predicted octanol–water partition coefficient (Wildman–Crippen LogP) is 2.41. The third-order valence-corrected chi connectivity index (χ3v) is 5.22. The Morgan fingerprint density at radius 2 is 1.83 bits per heavy atom. The van der Waals surface area contributed by atoms with Crippen LogP contribution < -0.4 is 4.90 Å². The van der Waals surface area contributed by atoms with E-state index in [1.165, 1.54) is 0 Å². The minimum atomic E-state index is -0.598. The van der Waals surface area contributed by atoms with E-state index in [1.54, 1.807) is 7.11 Å². The molecule has 1 aliphatic heterocycles. The number of hydrogen-bond donors (Lipinski definition) is 1. The average molecular weight is 409 g/mol. The van der Waals surface area contributed by atoms with E-state index < -0.39 is 6.10 Å². The van der Waals surface area contributed by atoms with E-state index in [0.717, 1.165) is 42.3 Å². The molecule has 0 saturated carbocycles. The second kappa shape index (κ2) is 9.34. The SMILES string of the molecule is CCc1cc(-c2ccccc2)nn1-c1cc(N2CCOCC2)nc([C@H](CO)OC)n1. The molecule has 1 atom stereocenters. The van der Waals surface area contributed by atoms with Crippen molar-refractivity contribution in [2.45, 2.75) is 19.4 Å². The second-order valence-electron chi connectivity index (χ2n) is 7.10. The van der Waals surface area contributed by atoms with Crippen LogP contribution in [0.3, 0.4) is 0 Å². The van der Waals surface area contributed by atoms with Gasteiger partial charge in [-0.05, 0) is 12.5 Å². The molecule has 8 nitrogen and oxygen atoms in total. The summed E-state index contributed by atoms with van der Waals surface area (Å²) in [6.45, 7) is 4.71. The molecule has 0 unspecified atom stereocenters. The van der Waals surface area contributed by atoms with Crippen molar-refractivity contribution in [3.63, 3.8) is 0 Å². The first-order valence-corrected chi connectivity index (χ1v) is 10.2. The van der Waals surface area contributed by atoms with Gasteiger partial charge in [0.15, 0.2) is 11.6 Å². The molecular weight excluding hydrogens is 382 g/mol. The predicted molar refractivity (Wildman–Crippen MR) is 114 cm³/mol. The molecule has 3 aromatic rings. The third kappa shape index (κ3) is 4.21. The molecule has 4 rings (SSSR count). The number of hydrogen-bond acceptors (Lipinski definition) is 7. The largest absolute Gasteiger partial charge is 0.393 e. The summed E-state index contributed by atoms with van der Waals surface area (Å²) in [7, 11) is 1.55. The standard InChI is InChI=1S/C22H27N5O3/c1-3-17-13-18(16-7-5-4-6-8-16)25-27(17)21-14-20(26-9-11-30-12-10-26)23-22(24-21)19(15-28)29-2/h4-8,13-14,19,28H,3,9-12,15H2,1-2H3/t19-/m0/s1. The molecule has 3 heterocycles. The van der Waals surface area contributed by atoms with Crippen molar-refractivity contribution in [2.75, 3.05) is 44.9 Å². The van der Waals surface area contributed by atoms with Crippen LogP contribution in [0.1, 0.15) is 24.5 Å². The van der Waals surface area contributed by atoms with Crippen LogP contribution in [0.4, 0.5) is 5.82 Å². The number of methoxy groups -OCH3 is 1. The first-order valence-electron chi connectivity index (χ1n) is 10.2. The van der Waals surface area contributed by atoms with Gasteiger partial charge in [-0.25, -0.2) is 14.6 Å². The smallest absolute Gasteiger partial charge is 0.164 e. The van der Waals surface area contributed by atoms with E-state index in [4.69, 9.17) is 19.6 Å². The fourth-order valence-electron chi connectivity index (χ4n) is 3.53. The monoisotopic (exact) mass is 409 g/mol. The molecule has 0 bridgehead atoms. The molecule has 0 amide bonds.